The molecule has 0 saturated heterocycles. The van der Waals surface area contributed by atoms with Crippen LogP contribution in [0.2, 0.25) is 0 Å². The number of aromatic nitrogens is 2. The SMILES string of the molecule is CN(Cc1cnc2ccccc2n1)C(=O)C1CC=CCC1. The number of hydrogen-bond donors (Lipinski definition) is 0. The van der Waals surface area contributed by atoms with Crippen LogP contribution in [0.25, 0.3) is 11.0 Å². The zero-order chi connectivity index (χ0) is 14.7. The van der Waals surface area contributed by atoms with Crippen molar-refractivity contribution in [1.82, 2.24) is 14.9 Å². The third-order valence-corrected chi connectivity index (χ3v) is 3.89. The summed E-state index contributed by atoms with van der Waals surface area (Å²) >= 11 is 0. The largest absolute Gasteiger partial charge is 0.340 e. The smallest absolute Gasteiger partial charge is 0.226 e. The van der Waals surface area contributed by atoms with E-state index in [4.69, 9.17) is 0 Å². The predicted molar refractivity (Wildman–Crippen MR) is 82.5 cm³/mol. The van der Waals surface area contributed by atoms with Crippen molar-refractivity contribution in [3.63, 3.8) is 0 Å². The third-order valence-electron chi connectivity index (χ3n) is 3.89. The van der Waals surface area contributed by atoms with E-state index in [0.717, 1.165) is 36.0 Å². The van der Waals surface area contributed by atoms with Crippen molar-refractivity contribution < 1.29 is 4.79 Å². The molecule has 108 valence electrons. The molecule has 0 radical (unpaired) electrons. The Hall–Kier alpha value is -2.23. The minimum Gasteiger partial charge on any atom is -0.340 e. The maximum absolute atomic E-state index is 12.4. The fourth-order valence-electron chi connectivity index (χ4n) is 2.72. The molecule has 1 aliphatic carbocycles. The molecule has 0 saturated carbocycles. The van der Waals surface area contributed by atoms with Crippen molar-refractivity contribution in [2.24, 2.45) is 5.92 Å². The second-order valence-electron chi connectivity index (χ2n) is 5.53. The van der Waals surface area contributed by atoms with Crippen LogP contribution in [0.3, 0.4) is 0 Å². The Labute approximate surface area is 124 Å². The number of fused-ring (bicyclic) bond motifs is 1. The molecular formula is C17H19N3O. The zero-order valence-electron chi connectivity index (χ0n) is 12.2. The molecule has 0 bridgehead atoms. The summed E-state index contributed by atoms with van der Waals surface area (Å²) in [7, 11) is 1.84. The van der Waals surface area contributed by atoms with E-state index in [9.17, 15) is 4.79 Å². The number of amides is 1. The first-order valence-electron chi connectivity index (χ1n) is 7.34. The predicted octanol–water partition coefficient (Wildman–Crippen LogP) is 2.94. The monoisotopic (exact) mass is 281 g/mol. The van der Waals surface area contributed by atoms with Crippen LogP contribution < -0.4 is 0 Å². The molecule has 21 heavy (non-hydrogen) atoms. The molecule has 1 aromatic heterocycles. The first-order valence-corrected chi connectivity index (χ1v) is 7.34. The van der Waals surface area contributed by atoms with Gasteiger partial charge in [-0.15, -0.1) is 0 Å². The van der Waals surface area contributed by atoms with Crippen molar-refractivity contribution in [2.75, 3.05) is 7.05 Å². The summed E-state index contributed by atoms with van der Waals surface area (Å²) in [6, 6.07) is 7.78. The fraction of sp³-hybridized carbons (Fsp3) is 0.353. The van der Waals surface area contributed by atoms with E-state index in [1.54, 1.807) is 11.1 Å². The summed E-state index contributed by atoms with van der Waals surface area (Å²) in [5, 5.41) is 0. The Morgan fingerprint density at radius 1 is 1.29 bits per heavy atom. The molecule has 0 spiro atoms. The van der Waals surface area contributed by atoms with Crippen LogP contribution >= 0.6 is 0 Å². The Kier molecular flexibility index (Phi) is 3.95. The number of rotatable bonds is 3. The minimum atomic E-state index is 0.119. The Balaban J connectivity index is 1.71. The van der Waals surface area contributed by atoms with Gasteiger partial charge in [0.25, 0.3) is 0 Å². The number of nitrogens with zero attached hydrogens (tertiary/aromatic N) is 3. The summed E-state index contributed by atoms with van der Waals surface area (Å²) in [5.41, 5.74) is 2.58. The standard InChI is InChI=1S/C17H19N3O/c1-20(17(21)13-7-3-2-4-8-13)12-14-11-18-15-9-5-6-10-16(15)19-14/h2-3,5-6,9-11,13H,4,7-8,12H2,1H3. The maximum atomic E-state index is 12.4. The second-order valence-corrected chi connectivity index (χ2v) is 5.53. The van der Waals surface area contributed by atoms with Crippen molar-refractivity contribution in [3.05, 3.63) is 48.3 Å². The van der Waals surface area contributed by atoms with Crippen molar-refractivity contribution in [2.45, 2.75) is 25.8 Å². The first kappa shape index (κ1) is 13.7. The number of allylic oxidation sites excluding steroid dienone is 2. The van der Waals surface area contributed by atoms with Gasteiger partial charge in [0.15, 0.2) is 0 Å². The first-order chi connectivity index (χ1) is 10.2. The van der Waals surface area contributed by atoms with E-state index in [-0.39, 0.29) is 11.8 Å². The minimum absolute atomic E-state index is 0.119. The lowest BCUT2D eigenvalue weighted by atomic mass is 9.93. The van der Waals surface area contributed by atoms with Crippen molar-refractivity contribution in [3.8, 4) is 0 Å². The number of benzene rings is 1. The van der Waals surface area contributed by atoms with Gasteiger partial charge in [-0.1, -0.05) is 24.3 Å². The van der Waals surface area contributed by atoms with Crippen LogP contribution in [-0.4, -0.2) is 27.8 Å². The summed E-state index contributed by atoms with van der Waals surface area (Å²) in [6.45, 7) is 0.511. The van der Waals surface area contributed by atoms with Gasteiger partial charge in [-0.2, -0.15) is 0 Å². The summed E-state index contributed by atoms with van der Waals surface area (Å²) in [5.74, 6) is 0.322. The zero-order valence-corrected chi connectivity index (χ0v) is 12.2. The number of para-hydroxylation sites is 2. The van der Waals surface area contributed by atoms with E-state index >= 15 is 0 Å². The van der Waals surface area contributed by atoms with Gasteiger partial charge in [0, 0.05) is 13.0 Å². The maximum Gasteiger partial charge on any atom is 0.226 e. The van der Waals surface area contributed by atoms with E-state index in [0.29, 0.717) is 6.54 Å². The van der Waals surface area contributed by atoms with E-state index in [1.165, 1.54) is 0 Å². The molecule has 0 aliphatic heterocycles. The molecule has 1 unspecified atom stereocenters. The summed E-state index contributed by atoms with van der Waals surface area (Å²) < 4.78 is 0. The Morgan fingerprint density at radius 3 is 2.86 bits per heavy atom. The molecule has 1 aliphatic rings. The molecule has 1 amide bonds. The molecule has 4 heteroatoms. The average molecular weight is 281 g/mol. The highest BCUT2D eigenvalue weighted by Gasteiger charge is 2.22. The van der Waals surface area contributed by atoms with Gasteiger partial charge >= 0.3 is 0 Å². The lowest BCUT2D eigenvalue weighted by Gasteiger charge is -2.24. The van der Waals surface area contributed by atoms with E-state index < -0.39 is 0 Å². The lowest BCUT2D eigenvalue weighted by Crippen LogP contribution is -2.33. The van der Waals surface area contributed by atoms with Crippen LogP contribution in [0.15, 0.2) is 42.6 Å². The van der Waals surface area contributed by atoms with Gasteiger partial charge in [0.1, 0.15) is 0 Å². The highest BCUT2D eigenvalue weighted by molar-refractivity contribution is 5.79. The normalized spacial score (nSPS) is 17.9. The van der Waals surface area contributed by atoms with E-state index in [1.807, 2.05) is 31.3 Å². The second kappa shape index (κ2) is 6.04. The molecule has 1 atom stereocenters. The highest BCUT2D eigenvalue weighted by atomic mass is 16.2. The van der Waals surface area contributed by atoms with Gasteiger partial charge < -0.3 is 4.90 Å². The van der Waals surface area contributed by atoms with Gasteiger partial charge in [0.2, 0.25) is 5.91 Å². The molecule has 0 fully saturated rings. The Morgan fingerprint density at radius 2 is 2.10 bits per heavy atom. The summed E-state index contributed by atoms with van der Waals surface area (Å²) in [6.07, 6.45) is 8.82. The fourth-order valence-corrected chi connectivity index (χ4v) is 2.72. The van der Waals surface area contributed by atoms with Crippen LogP contribution in [0, 0.1) is 5.92 Å². The van der Waals surface area contributed by atoms with Crippen molar-refractivity contribution >= 4 is 16.9 Å². The average Bonchev–Trinajstić information content (AvgIpc) is 2.55. The summed E-state index contributed by atoms with van der Waals surface area (Å²) in [4.78, 5) is 23.1. The molecule has 1 heterocycles. The van der Waals surface area contributed by atoms with Gasteiger partial charge in [-0.3, -0.25) is 9.78 Å². The Bertz CT molecular complexity index is 681. The van der Waals surface area contributed by atoms with Crippen molar-refractivity contribution in [1.29, 1.82) is 0 Å². The van der Waals surface area contributed by atoms with Crippen LogP contribution in [0.1, 0.15) is 25.0 Å². The number of hydrogen-bond acceptors (Lipinski definition) is 3. The highest BCUT2D eigenvalue weighted by Crippen LogP contribution is 2.20. The van der Waals surface area contributed by atoms with Crippen LogP contribution in [0.4, 0.5) is 0 Å². The molecule has 1 aromatic carbocycles. The molecule has 3 rings (SSSR count). The molecular weight excluding hydrogens is 262 g/mol. The van der Waals surface area contributed by atoms with Gasteiger partial charge in [0.05, 0.1) is 29.5 Å². The van der Waals surface area contributed by atoms with Crippen LogP contribution in [0.5, 0.6) is 0 Å². The van der Waals surface area contributed by atoms with Gasteiger partial charge in [-0.05, 0) is 31.4 Å². The van der Waals surface area contributed by atoms with E-state index in [2.05, 4.69) is 22.1 Å². The topological polar surface area (TPSA) is 46.1 Å². The quantitative estimate of drug-likeness (QED) is 0.813. The molecule has 2 aromatic rings. The number of carbonyl (C=O) groups excluding carboxylic acids is 1. The number of carbonyl (C=O) groups is 1. The van der Waals surface area contributed by atoms with Crippen LogP contribution in [-0.2, 0) is 11.3 Å². The third kappa shape index (κ3) is 3.10. The van der Waals surface area contributed by atoms with Gasteiger partial charge in [-0.25, -0.2) is 4.98 Å². The molecule has 4 nitrogen and oxygen atoms in total. The lowest BCUT2D eigenvalue weighted by molar-refractivity contribution is -0.135. The molecule has 0 N–H and O–H groups in total.